The van der Waals surface area contributed by atoms with Crippen LogP contribution in [-0.2, 0) is 11.3 Å². The molecular formula is C20H34IN7O. The Morgan fingerprint density at radius 2 is 1.72 bits per heavy atom. The van der Waals surface area contributed by atoms with E-state index in [0.717, 1.165) is 76.2 Å². The highest BCUT2D eigenvalue weighted by Gasteiger charge is 2.21. The third-order valence-electron chi connectivity index (χ3n) is 5.41. The van der Waals surface area contributed by atoms with Gasteiger partial charge in [-0.15, -0.1) is 24.0 Å². The van der Waals surface area contributed by atoms with Crippen molar-refractivity contribution in [3.05, 3.63) is 23.9 Å². The number of halogens is 1. The molecule has 29 heavy (non-hydrogen) atoms. The van der Waals surface area contributed by atoms with Crippen LogP contribution in [0.2, 0.25) is 0 Å². The van der Waals surface area contributed by atoms with Crippen LogP contribution in [0.5, 0.6) is 0 Å². The first-order chi connectivity index (χ1) is 13.6. The highest BCUT2D eigenvalue weighted by Crippen LogP contribution is 2.14. The van der Waals surface area contributed by atoms with E-state index in [4.69, 9.17) is 4.99 Å². The van der Waals surface area contributed by atoms with Crippen molar-refractivity contribution in [2.75, 3.05) is 70.9 Å². The summed E-state index contributed by atoms with van der Waals surface area (Å²) >= 11 is 0. The van der Waals surface area contributed by atoms with Crippen LogP contribution >= 0.6 is 24.0 Å². The predicted octanol–water partition coefficient (Wildman–Crippen LogP) is 1.08. The number of anilines is 1. The van der Waals surface area contributed by atoms with Crippen LogP contribution in [0.1, 0.15) is 19.4 Å². The number of hydrogen-bond acceptors (Lipinski definition) is 5. The smallest absolute Gasteiger partial charge is 0.219 e. The van der Waals surface area contributed by atoms with Crippen molar-refractivity contribution in [3.63, 3.8) is 0 Å². The van der Waals surface area contributed by atoms with Gasteiger partial charge in [-0.25, -0.2) is 9.98 Å². The van der Waals surface area contributed by atoms with Gasteiger partial charge in [-0.1, -0.05) is 6.07 Å². The number of nitrogens with zero attached hydrogens (tertiary/aromatic N) is 6. The second-order valence-corrected chi connectivity index (χ2v) is 7.48. The Labute approximate surface area is 191 Å². The number of hydrogen-bond donors (Lipinski definition) is 1. The average molecular weight is 515 g/mol. The quantitative estimate of drug-likeness (QED) is 0.368. The summed E-state index contributed by atoms with van der Waals surface area (Å²) in [6.45, 7) is 12.5. The molecule has 0 saturated carbocycles. The number of likely N-dealkylation sites (N-methyl/N-ethyl adjacent to an activating group) is 1. The molecule has 1 amide bonds. The Morgan fingerprint density at radius 1 is 1.07 bits per heavy atom. The fourth-order valence-electron chi connectivity index (χ4n) is 3.56. The van der Waals surface area contributed by atoms with Crippen LogP contribution in [0.15, 0.2) is 23.3 Å². The monoisotopic (exact) mass is 515 g/mol. The number of carbonyl (C=O) groups is 1. The van der Waals surface area contributed by atoms with Gasteiger partial charge in [-0.3, -0.25) is 4.79 Å². The summed E-state index contributed by atoms with van der Waals surface area (Å²) in [5, 5.41) is 3.37. The van der Waals surface area contributed by atoms with Crippen LogP contribution in [0.25, 0.3) is 0 Å². The normalized spacial score (nSPS) is 18.4. The molecule has 3 rings (SSSR count). The van der Waals surface area contributed by atoms with Crippen LogP contribution in [0.4, 0.5) is 5.82 Å². The van der Waals surface area contributed by atoms with E-state index in [1.807, 2.05) is 11.1 Å². The number of rotatable bonds is 4. The molecule has 3 heterocycles. The van der Waals surface area contributed by atoms with Gasteiger partial charge in [0.25, 0.3) is 0 Å². The lowest BCUT2D eigenvalue weighted by atomic mass is 10.2. The molecule has 162 valence electrons. The van der Waals surface area contributed by atoms with E-state index in [0.29, 0.717) is 6.54 Å². The highest BCUT2D eigenvalue weighted by atomic mass is 127. The molecule has 2 fully saturated rings. The average Bonchev–Trinajstić information content (AvgIpc) is 2.72. The molecular weight excluding hydrogens is 481 g/mol. The Kier molecular flexibility index (Phi) is 9.41. The van der Waals surface area contributed by atoms with Crippen molar-refractivity contribution in [3.8, 4) is 0 Å². The van der Waals surface area contributed by atoms with Crippen LogP contribution < -0.4 is 10.2 Å². The first-order valence-electron chi connectivity index (χ1n) is 10.2. The van der Waals surface area contributed by atoms with Gasteiger partial charge in [0.2, 0.25) is 5.91 Å². The van der Waals surface area contributed by atoms with Crippen molar-refractivity contribution >= 4 is 41.7 Å². The van der Waals surface area contributed by atoms with E-state index in [1.165, 1.54) is 0 Å². The van der Waals surface area contributed by atoms with Crippen LogP contribution in [0, 0.1) is 0 Å². The summed E-state index contributed by atoms with van der Waals surface area (Å²) in [5.74, 6) is 2.11. The molecule has 0 radical (unpaired) electrons. The lowest BCUT2D eigenvalue weighted by Crippen LogP contribution is -2.53. The van der Waals surface area contributed by atoms with E-state index in [9.17, 15) is 4.79 Å². The number of guanidine groups is 1. The van der Waals surface area contributed by atoms with Crippen LogP contribution in [0.3, 0.4) is 0 Å². The number of aliphatic imine (C=N–C) groups is 1. The Balaban J connectivity index is 0.00000300. The van der Waals surface area contributed by atoms with Crippen molar-refractivity contribution in [1.29, 1.82) is 0 Å². The molecule has 1 N–H and O–H groups in total. The summed E-state index contributed by atoms with van der Waals surface area (Å²) in [7, 11) is 2.16. The van der Waals surface area contributed by atoms with Crippen molar-refractivity contribution in [1.82, 2.24) is 25.0 Å². The maximum Gasteiger partial charge on any atom is 0.219 e. The van der Waals surface area contributed by atoms with E-state index >= 15 is 0 Å². The molecule has 0 aliphatic carbocycles. The SMILES string of the molecule is CCNC(=NCc1ccc(N2CCN(C)CC2)nc1)N1CCN(C(C)=O)CC1.I. The molecule has 0 aromatic carbocycles. The maximum absolute atomic E-state index is 11.5. The second-order valence-electron chi connectivity index (χ2n) is 7.48. The van der Waals surface area contributed by atoms with Crippen molar-refractivity contribution in [2.24, 2.45) is 4.99 Å². The van der Waals surface area contributed by atoms with Crippen LogP contribution in [-0.4, -0.2) is 97.5 Å². The van der Waals surface area contributed by atoms with Gasteiger partial charge in [-0.2, -0.15) is 0 Å². The molecule has 9 heteroatoms. The summed E-state index contributed by atoms with van der Waals surface area (Å²) in [5.41, 5.74) is 1.11. The summed E-state index contributed by atoms with van der Waals surface area (Å²) in [6.07, 6.45) is 1.94. The maximum atomic E-state index is 11.5. The largest absolute Gasteiger partial charge is 0.357 e. The minimum absolute atomic E-state index is 0. The number of nitrogens with one attached hydrogen (secondary N) is 1. The minimum Gasteiger partial charge on any atom is -0.357 e. The molecule has 1 aromatic heterocycles. The lowest BCUT2D eigenvalue weighted by molar-refractivity contribution is -0.130. The molecule has 0 spiro atoms. The topological polar surface area (TPSA) is 67.3 Å². The lowest BCUT2D eigenvalue weighted by Gasteiger charge is -2.36. The Morgan fingerprint density at radius 3 is 2.28 bits per heavy atom. The molecule has 1 aromatic rings. The van der Waals surface area contributed by atoms with E-state index in [2.05, 4.69) is 51.1 Å². The Bertz CT molecular complexity index is 666. The number of pyridine rings is 1. The van der Waals surface area contributed by atoms with Gasteiger partial charge in [0, 0.05) is 72.0 Å². The zero-order valence-electron chi connectivity index (χ0n) is 17.8. The molecule has 0 atom stereocenters. The van der Waals surface area contributed by atoms with Gasteiger partial charge in [0.05, 0.1) is 6.54 Å². The molecule has 2 saturated heterocycles. The van der Waals surface area contributed by atoms with Gasteiger partial charge in [0.15, 0.2) is 5.96 Å². The summed E-state index contributed by atoms with van der Waals surface area (Å²) in [6, 6.07) is 4.23. The molecule has 2 aliphatic heterocycles. The zero-order valence-corrected chi connectivity index (χ0v) is 20.1. The van der Waals surface area contributed by atoms with E-state index in [-0.39, 0.29) is 29.9 Å². The first kappa shape index (κ1) is 23.7. The molecule has 0 unspecified atom stereocenters. The van der Waals surface area contributed by atoms with E-state index < -0.39 is 0 Å². The summed E-state index contributed by atoms with van der Waals surface area (Å²) < 4.78 is 0. The standard InChI is InChI=1S/C20H33N7O.HI/c1-4-21-20(27-13-11-25(12-14-27)17(2)28)23-16-18-5-6-19(22-15-18)26-9-7-24(3)8-10-26;/h5-6,15H,4,7-14,16H2,1-3H3,(H,21,23);1H. The van der Waals surface area contributed by atoms with Gasteiger partial charge >= 0.3 is 0 Å². The van der Waals surface area contributed by atoms with E-state index in [1.54, 1.807) is 6.92 Å². The third-order valence-corrected chi connectivity index (χ3v) is 5.41. The van der Waals surface area contributed by atoms with Crippen molar-refractivity contribution < 1.29 is 4.79 Å². The number of piperazine rings is 2. The number of amides is 1. The highest BCUT2D eigenvalue weighted by molar-refractivity contribution is 14.0. The van der Waals surface area contributed by atoms with Gasteiger partial charge in [0.1, 0.15) is 5.82 Å². The predicted molar refractivity (Wildman–Crippen MR) is 128 cm³/mol. The molecule has 8 nitrogen and oxygen atoms in total. The van der Waals surface area contributed by atoms with Gasteiger partial charge in [-0.05, 0) is 25.6 Å². The van der Waals surface area contributed by atoms with Gasteiger partial charge < -0.3 is 24.9 Å². The summed E-state index contributed by atoms with van der Waals surface area (Å²) in [4.78, 5) is 29.8. The number of carbonyl (C=O) groups excluding carboxylic acids is 1. The first-order valence-corrected chi connectivity index (χ1v) is 10.2. The number of aromatic nitrogens is 1. The zero-order chi connectivity index (χ0) is 19.9. The fourth-order valence-corrected chi connectivity index (χ4v) is 3.56. The molecule has 2 aliphatic rings. The minimum atomic E-state index is 0. The Hall–Kier alpha value is -1.62. The second kappa shape index (κ2) is 11.5. The fraction of sp³-hybridized carbons (Fsp3) is 0.650. The van der Waals surface area contributed by atoms with Crippen molar-refractivity contribution in [2.45, 2.75) is 20.4 Å². The third kappa shape index (κ3) is 6.70. The molecule has 0 bridgehead atoms.